The average molecular weight is 273 g/mol. The highest BCUT2D eigenvalue weighted by Gasteiger charge is 2.29. The molecule has 3 nitrogen and oxygen atoms in total. The van der Waals surface area contributed by atoms with E-state index in [0.29, 0.717) is 6.04 Å². The second kappa shape index (κ2) is 6.70. The van der Waals surface area contributed by atoms with E-state index >= 15 is 0 Å². The van der Waals surface area contributed by atoms with Crippen molar-refractivity contribution in [2.24, 2.45) is 5.92 Å². The molecule has 2 unspecified atom stereocenters. The largest absolute Gasteiger partial charge is 0.314 e. The Balaban J connectivity index is 1.28. The molecule has 1 aliphatic heterocycles. The molecule has 20 heavy (non-hydrogen) atoms. The van der Waals surface area contributed by atoms with Crippen LogP contribution in [-0.4, -0.2) is 25.2 Å². The Morgan fingerprint density at radius 2 is 2.00 bits per heavy atom. The fourth-order valence-electron chi connectivity index (χ4n) is 3.45. The lowest BCUT2D eigenvalue weighted by atomic mass is 9.76. The molecule has 1 heterocycles. The van der Waals surface area contributed by atoms with Crippen molar-refractivity contribution in [3.63, 3.8) is 0 Å². The molecule has 0 amide bonds. The average Bonchev–Trinajstić information content (AvgIpc) is 2.83. The molecule has 2 fully saturated rings. The van der Waals surface area contributed by atoms with Crippen molar-refractivity contribution in [3.8, 4) is 0 Å². The van der Waals surface area contributed by atoms with Gasteiger partial charge in [-0.2, -0.15) is 0 Å². The van der Waals surface area contributed by atoms with Crippen LogP contribution >= 0.6 is 0 Å². The molecular weight excluding hydrogens is 246 g/mol. The van der Waals surface area contributed by atoms with E-state index in [2.05, 4.69) is 53.4 Å². The van der Waals surface area contributed by atoms with Crippen LogP contribution in [0.2, 0.25) is 0 Å². The molecule has 1 aromatic rings. The summed E-state index contributed by atoms with van der Waals surface area (Å²) < 4.78 is 0. The minimum atomic E-state index is 0.626. The number of hydrogen-bond donors (Lipinski definition) is 3. The topological polar surface area (TPSA) is 36.1 Å². The first-order chi connectivity index (χ1) is 9.83. The van der Waals surface area contributed by atoms with Gasteiger partial charge in [-0.1, -0.05) is 30.3 Å². The molecular formula is C17H27N3. The fourth-order valence-corrected chi connectivity index (χ4v) is 3.45. The van der Waals surface area contributed by atoms with Crippen molar-refractivity contribution >= 4 is 0 Å². The molecule has 0 radical (unpaired) electrons. The number of hydrogen-bond acceptors (Lipinski definition) is 3. The lowest BCUT2D eigenvalue weighted by molar-refractivity contribution is 0.286. The van der Waals surface area contributed by atoms with Gasteiger partial charge in [0.2, 0.25) is 0 Å². The lowest BCUT2D eigenvalue weighted by Gasteiger charge is -2.36. The van der Waals surface area contributed by atoms with Crippen molar-refractivity contribution in [1.29, 1.82) is 0 Å². The van der Waals surface area contributed by atoms with Crippen molar-refractivity contribution in [2.45, 2.75) is 50.6 Å². The van der Waals surface area contributed by atoms with Crippen molar-refractivity contribution in [2.75, 3.05) is 13.1 Å². The first-order valence-corrected chi connectivity index (χ1v) is 8.09. The zero-order valence-corrected chi connectivity index (χ0v) is 12.4. The lowest BCUT2D eigenvalue weighted by Crippen LogP contribution is -2.40. The Bertz CT molecular complexity index is 400. The van der Waals surface area contributed by atoms with Gasteiger partial charge in [-0.3, -0.25) is 10.9 Å². The smallest absolute Gasteiger partial charge is 0.0225 e. The van der Waals surface area contributed by atoms with Gasteiger partial charge in [0.25, 0.3) is 0 Å². The predicted molar refractivity (Wildman–Crippen MR) is 83.5 cm³/mol. The molecule has 110 valence electrons. The Kier molecular flexibility index (Phi) is 4.71. The van der Waals surface area contributed by atoms with Crippen molar-refractivity contribution in [3.05, 3.63) is 35.9 Å². The maximum Gasteiger partial charge on any atom is 0.0225 e. The van der Waals surface area contributed by atoms with Gasteiger partial charge >= 0.3 is 0 Å². The molecule has 2 aliphatic rings. The van der Waals surface area contributed by atoms with Crippen molar-refractivity contribution in [1.82, 2.24) is 16.2 Å². The molecule has 3 heteroatoms. The second-order valence-corrected chi connectivity index (χ2v) is 6.45. The van der Waals surface area contributed by atoms with Crippen LogP contribution in [0, 0.1) is 5.92 Å². The van der Waals surface area contributed by atoms with Crippen LogP contribution in [0.5, 0.6) is 0 Å². The van der Waals surface area contributed by atoms with Crippen LogP contribution in [0.4, 0.5) is 0 Å². The summed E-state index contributed by atoms with van der Waals surface area (Å²) in [7, 11) is 0. The highest BCUT2D eigenvalue weighted by molar-refractivity contribution is 5.22. The van der Waals surface area contributed by atoms with Crippen LogP contribution in [0.15, 0.2) is 30.3 Å². The minimum absolute atomic E-state index is 0.626. The fraction of sp³-hybridized carbons (Fsp3) is 0.647. The summed E-state index contributed by atoms with van der Waals surface area (Å²) in [5, 5.41) is 3.72. The summed E-state index contributed by atoms with van der Waals surface area (Å²) >= 11 is 0. The van der Waals surface area contributed by atoms with Gasteiger partial charge in [0, 0.05) is 18.6 Å². The number of benzene rings is 1. The maximum atomic E-state index is 3.72. The van der Waals surface area contributed by atoms with E-state index in [-0.39, 0.29) is 0 Å². The molecule has 0 aromatic heterocycles. The molecule has 3 rings (SSSR count). The highest BCUT2D eigenvalue weighted by atomic mass is 15.4. The zero-order valence-electron chi connectivity index (χ0n) is 12.4. The molecule has 1 aromatic carbocycles. The molecule has 1 aliphatic carbocycles. The molecule has 2 atom stereocenters. The summed E-state index contributed by atoms with van der Waals surface area (Å²) in [4.78, 5) is 0. The third-order valence-electron chi connectivity index (χ3n) is 4.99. The van der Waals surface area contributed by atoms with Crippen LogP contribution in [0.3, 0.4) is 0 Å². The van der Waals surface area contributed by atoms with Crippen LogP contribution in [-0.2, 0) is 0 Å². The van der Waals surface area contributed by atoms with Crippen molar-refractivity contribution < 1.29 is 0 Å². The number of rotatable bonds is 6. The van der Waals surface area contributed by atoms with Crippen LogP contribution in [0.25, 0.3) is 0 Å². The third-order valence-corrected chi connectivity index (χ3v) is 4.99. The maximum absolute atomic E-state index is 3.72. The molecule has 1 saturated carbocycles. The monoisotopic (exact) mass is 273 g/mol. The molecule has 0 bridgehead atoms. The quantitative estimate of drug-likeness (QED) is 0.697. The summed E-state index contributed by atoms with van der Waals surface area (Å²) in [6.07, 6.45) is 5.24. The van der Waals surface area contributed by atoms with Crippen LogP contribution in [0.1, 0.15) is 44.1 Å². The first-order valence-electron chi connectivity index (χ1n) is 8.09. The Morgan fingerprint density at radius 1 is 1.20 bits per heavy atom. The SMILES string of the molecule is CC1NNCC1CCCNC1CC(c2ccccc2)C1. The minimum Gasteiger partial charge on any atom is -0.314 e. The van der Waals surface area contributed by atoms with Gasteiger partial charge in [0.1, 0.15) is 0 Å². The highest BCUT2D eigenvalue weighted by Crippen LogP contribution is 2.36. The number of nitrogens with one attached hydrogen (secondary N) is 3. The van der Waals surface area contributed by atoms with Gasteiger partial charge in [-0.15, -0.1) is 0 Å². The van der Waals surface area contributed by atoms with E-state index in [1.807, 2.05) is 0 Å². The standard InChI is InChI=1S/C17H27N3/c1-13-15(12-19-20-13)8-5-9-18-17-10-16(11-17)14-6-3-2-4-7-14/h2-4,6-7,13,15-20H,5,8-12H2,1H3. The normalized spacial score (nSPS) is 33.0. The molecule has 3 N–H and O–H groups in total. The van der Waals surface area contributed by atoms with E-state index in [9.17, 15) is 0 Å². The summed E-state index contributed by atoms with van der Waals surface area (Å²) in [6.45, 7) is 4.57. The van der Waals surface area contributed by atoms with Gasteiger partial charge in [-0.05, 0) is 56.6 Å². The van der Waals surface area contributed by atoms with E-state index in [0.717, 1.165) is 24.4 Å². The second-order valence-electron chi connectivity index (χ2n) is 6.45. The first kappa shape index (κ1) is 14.1. The third kappa shape index (κ3) is 3.40. The van der Waals surface area contributed by atoms with Gasteiger partial charge in [0.15, 0.2) is 0 Å². The number of hydrazine groups is 1. The Labute approximate surface area is 122 Å². The van der Waals surface area contributed by atoms with Crippen LogP contribution < -0.4 is 16.2 Å². The summed E-state index contributed by atoms with van der Waals surface area (Å²) in [5.41, 5.74) is 8.06. The van der Waals surface area contributed by atoms with Gasteiger partial charge in [-0.25, -0.2) is 0 Å². The molecule has 1 saturated heterocycles. The van der Waals surface area contributed by atoms with E-state index in [1.165, 1.54) is 37.8 Å². The van der Waals surface area contributed by atoms with E-state index in [4.69, 9.17) is 0 Å². The van der Waals surface area contributed by atoms with E-state index in [1.54, 1.807) is 0 Å². The van der Waals surface area contributed by atoms with E-state index < -0.39 is 0 Å². The predicted octanol–water partition coefficient (Wildman–Crippen LogP) is 2.41. The van der Waals surface area contributed by atoms with Gasteiger partial charge < -0.3 is 5.32 Å². The Morgan fingerprint density at radius 3 is 2.70 bits per heavy atom. The Hall–Kier alpha value is -0.900. The zero-order chi connectivity index (χ0) is 13.8. The van der Waals surface area contributed by atoms with Gasteiger partial charge in [0.05, 0.1) is 0 Å². The summed E-state index contributed by atoms with van der Waals surface area (Å²) in [6, 6.07) is 12.3. The molecule has 0 spiro atoms. The summed E-state index contributed by atoms with van der Waals surface area (Å²) in [5.74, 6) is 1.59.